The topological polar surface area (TPSA) is 58.6 Å². The average molecular weight is 383 g/mol. The Morgan fingerprint density at radius 3 is 2.39 bits per heavy atom. The molecule has 0 unspecified atom stereocenters. The quantitative estimate of drug-likeness (QED) is 0.760. The molecule has 0 saturated heterocycles. The molecule has 2 rings (SSSR count). The molecule has 1 N–H and O–H groups in total. The lowest BCUT2D eigenvalue weighted by atomic mass is 10.1. The van der Waals surface area contributed by atoms with Crippen molar-refractivity contribution in [3.8, 4) is 5.75 Å². The number of rotatable bonds is 8. The predicted molar refractivity (Wildman–Crippen MR) is 111 cm³/mol. The summed E-state index contributed by atoms with van der Waals surface area (Å²) >= 11 is 0. The van der Waals surface area contributed by atoms with E-state index in [0.29, 0.717) is 18.7 Å². The van der Waals surface area contributed by atoms with Gasteiger partial charge in [-0.3, -0.25) is 9.59 Å². The summed E-state index contributed by atoms with van der Waals surface area (Å²) in [6, 6.07) is 13.2. The van der Waals surface area contributed by atoms with Gasteiger partial charge in [0.2, 0.25) is 5.91 Å². The van der Waals surface area contributed by atoms with E-state index >= 15 is 0 Å². The van der Waals surface area contributed by atoms with Crippen LogP contribution in [0.1, 0.15) is 35.6 Å². The molecule has 2 amide bonds. The smallest absolute Gasteiger partial charge is 0.261 e. The first-order valence-corrected chi connectivity index (χ1v) is 9.63. The Balaban J connectivity index is 2.22. The summed E-state index contributed by atoms with van der Waals surface area (Å²) in [6.07, 6.45) is 0.529. The summed E-state index contributed by atoms with van der Waals surface area (Å²) in [5.41, 5.74) is 4.23. The van der Waals surface area contributed by atoms with E-state index in [4.69, 9.17) is 4.74 Å². The van der Waals surface area contributed by atoms with Crippen LogP contribution in [0.3, 0.4) is 0 Å². The van der Waals surface area contributed by atoms with Gasteiger partial charge in [0.1, 0.15) is 11.8 Å². The van der Waals surface area contributed by atoms with Gasteiger partial charge in [-0.05, 0) is 49.9 Å². The van der Waals surface area contributed by atoms with Gasteiger partial charge in [0.15, 0.2) is 6.61 Å². The minimum Gasteiger partial charge on any atom is -0.483 e. The number of hydrogen-bond acceptors (Lipinski definition) is 3. The van der Waals surface area contributed by atoms with Gasteiger partial charge in [0.05, 0.1) is 0 Å². The van der Waals surface area contributed by atoms with Crippen molar-refractivity contribution in [1.82, 2.24) is 10.2 Å². The highest BCUT2D eigenvalue weighted by atomic mass is 16.5. The van der Waals surface area contributed by atoms with Crippen molar-refractivity contribution in [3.05, 3.63) is 64.7 Å². The van der Waals surface area contributed by atoms with Gasteiger partial charge in [-0.15, -0.1) is 0 Å². The molecule has 0 aliphatic rings. The van der Waals surface area contributed by atoms with Crippen LogP contribution in [-0.2, 0) is 16.1 Å². The summed E-state index contributed by atoms with van der Waals surface area (Å²) in [5.74, 6) is 0.303. The van der Waals surface area contributed by atoms with E-state index < -0.39 is 6.04 Å². The number of benzene rings is 2. The lowest BCUT2D eigenvalue weighted by molar-refractivity contribution is -0.142. The Labute approximate surface area is 167 Å². The van der Waals surface area contributed by atoms with Crippen LogP contribution in [0.4, 0.5) is 0 Å². The number of nitrogens with one attached hydrogen (secondary N) is 1. The number of carbonyl (C=O) groups is 2. The van der Waals surface area contributed by atoms with Gasteiger partial charge in [-0.25, -0.2) is 0 Å². The van der Waals surface area contributed by atoms with Gasteiger partial charge in [-0.1, -0.05) is 48.9 Å². The number of carbonyl (C=O) groups excluding carboxylic acids is 2. The van der Waals surface area contributed by atoms with Crippen LogP contribution < -0.4 is 10.1 Å². The van der Waals surface area contributed by atoms with Crippen LogP contribution in [0.25, 0.3) is 0 Å². The van der Waals surface area contributed by atoms with E-state index in [0.717, 1.165) is 22.3 Å². The van der Waals surface area contributed by atoms with Crippen LogP contribution in [-0.4, -0.2) is 36.4 Å². The molecule has 150 valence electrons. The van der Waals surface area contributed by atoms with Gasteiger partial charge in [0.25, 0.3) is 5.91 Å². The van der Waals surface area contributed by atoms with Gasteiger partial charge >= 0.3 is 0 Å². The molecule has 0 radical (unpaired) electrons. The van der Waals surface area contributed by atoms with Crippen molar-refractivity contribution in [2.45, 2.75) is 46.7 Å². The molecule has 2 aromatic carbocycles. The zero-order chi connectivity index (χ0) is 20.7. The molecule has 0 aliphatic carbocycles. The third kappa shape index (κ3) is 5.35. The number of nitrogens with zero attached hydrogens (tertiary/aromatic N) is 1. The number of aryl methyl sites for hydroxylation is 3. The van der Waals surface area contributed by atoms with Gasteiger partial charge < -0.3 is 15.0 Å². The first-order valence-electron chi connectivity index (χ1n) is 9.63. The first kappa shape index (κ1) is 21.5. The van der Waals surface area contributed by atoms with E-state index in [1.807, 2.05) is 70.2 Å². The molecule has 5 heteroatoms. The van der Waals surface area contributed by atoms with Crippen LogP contribution >= 0.6 is 0 Å². The second-order valence-electron chi connectivity index (χ2n) is 7.04. The third-order valence-electron chi connectivity index (χ3n) is 4.92. The molecule has 0 fully saturated rings. The lowest BCUT2D eigenvalue weighted by Crippen LogP contribution is -2.49. The number of amides is 2. The van der Waals surface area contributed by atoms with Crippen molar-refractivity contribution < 1.29 is 14.3 Å². The summed E-state index contributed by atoms with van der Waals surface area (Å²) in [4.78, 5) is 27.1. The van der Waals surface area contributed by atoms with E-state index in [1.54, 1.807) is 11.9 Å². The Bertz CT molecular complexity index is 832. The van der Waals surface area contributed by atoms with E-state index in [-0.39, 0.29) is 18.4 Å². The largest absolute Gasteiger partial charge is 0.483 e. The Hall–Kier alpha value is -2.82. The monoisotopic (exact) mass is 382 g/mol. The van der Waals surface area contributed by atoms with E-state index in [1.165, 1.54) is 0 Å². The molecule has 0 spiro atoms. The molecule has 0 aromatic heterocycles. The highest BCUT2D eigenvalue weighted by Gasteiger charge is 2.28. The highest BCUT2D eigenvalue weighted by molar-refractivity contribution is 5.88. The van der Waals surface area contributed by atoms with Crippen molar-refractivity contribution in [1.29, 1.82) is 0 Å². The van der Waals surface area contributed by atoms with Gasteiger partial charge in [0, 0.05) is 13.6 Å². The Morgan fingerprint density at radius 2 is 1.79 bits per heavy atom. The maximum atomic E-state index is 13.1. The van der Waals surface area contributed by atoms with Crippen LogP contribution in [0.15, 0.2) is 42.5 Å². The van der Waals surface area contributed by atoms with Gasteiger partial charge in [-0.2, -0.15) is 0 Å². The second-order valence-corrected chi connectivity index (χ2v) is 7.04. The molecule has 2 aromatic rings. The number of likely N-dealkylation sites (N-methyl/N-ethyl adjacent to an activating group) is 1. The molecule has 0 saturated carbocycles. The van der Waals surface area contributed by atoms with E-state index in [2.05, 4.69) is 5.32 Å². The Morgan fingerprint density at radius 1 is 1.07 bits per heavy atom. The zero-order valence-electron chi connectivity index (χ0n) is 17.4. The molecule has 5 nitrogen and oxygen atoms in total. The molecule has 28 heavy (non-hydrogen) atoms. The Kier molecular flexibility index (Phi) is 7.61. The second kappa shape index (κ2) is 9.93. The molecular formula is C23H30N2O3. The van der Waals surface area contributed by atoms with Crippen molar-refractivity contribution in [3.63, 3.8) is 0 Å². The molecule has 0 bridgehead atoms. The summed E-state index contributed by atoms with van der Waals surface area (Å²) in [7, 11) is 1.59. The molecule has 0 heterocycles. The van der Waals surface area contributed by atoms with Crippen LogP contribution in [0.5, 0.6) is 5.75 Å². The SMILES string of the molecule is CC[C@@H](C(=O)NC)N(Cc1ccccc1C)C(=O)COc1ccc(C)cc1C. The normalized spacial score (nSPS) is 11.6. The minimum absolute atomic E-state index is 0.108. The molecule has 1 atom stereocenters. The standard InChI is InChI=1S/C23H30N2O3/c1-6-20(23(27)24-5)25(14-19-10-8-7-9-17(19)3)22(26)15-28-21-12-11-16(2)13-18(21)4/h7-13,20H,6,14-15H2,1-5H3,(H,24,27)/t20-/m0/s1. The summed E-state index contributed by atoms with van der Waals surface area (Å²) in [5, 5.41) is 2.67. The third-order valence-corrected chi connectivity index (χ3v) is 4.92. The maximum absolute atomic E-state index is 13.1. The fourth-order valence-electron chi connectivity index (χ4n) is 3.24. The maximum Gasteiger partial charge on any atom is 0.261 e. The summed E-state index contributed by atoms with van der Waals surface area (Å²) < 4.78 is 5.79. The van der Waals surface area contributed by atoms with Crippen molar-refractivity contribution in [2.24, 2.45) is 0 Å². The fraction of sp³-hybridized carbons (Fsp3) is 0.391. The first-order chi connectivity index (χ1) is 13.4. The highest BCUT2D eigenvalue weighted by Crippen LogP contribution is 2.20. The average Bonchev–Trinajstić information content (AvgIpc) is 2.68. The fourth-order valence-corrected chi connectivity index (χ4v) is 3.24. The lowest BCUT2D eigenvalue weighted by Gasteiger charge is -2.30. The number of hydrogen-bond donors (Lipinski definition) is 1. The van der Waals surface area contributed by atoms with E-state index in [9.17, 15) is 9.59 Å². The van der Waals surface area contributed by atoms with Crippen LogP contribution in [0.2, 0.25) is 0 Å². The molecular weight excluding hydrogens is 352 g/mol. The van der Waals surface area contributed by atoms with Crippen molar-refractivity contribution in [2.75, 3.05) is 13.7 Å². The zero-order valence-corrected chi connectivity index (χ0v) is 17.4. The predicted octanol–water partition coefficient (Wildman–Crippen LogP) is 3.54. The van der Waals surface area contributed by atoms with Crippen molar-refractivity contribution >= 4 is 11.8 Å². The summed E-state index contributed by atoms with van der Waals surface area (Å²) in [6.45, 7) is 8.14. The number of ether oxygens (including phenoxy) is 1. The minimum atomic E-state index is -0.542. The molecule has 0 aliphatic heterocycles. The van der Waals surface area contributed by atoms with Crippen LogP contribution in [0, 0.1) is 20.8 Å².